The molecule has 138 valence electrons. The highest BCUT2D eigenvalue weighted by atomic mass is 16.5. The molecule has 0 unspecified atom stereocenters. The molecule has 0 saturated carbocycles. The van der Waals surface area contributed by atoms with E-state index in [1.54, 1.807) is 19.4 Å². The van der Waals surface area contributed by atoms with Crippen molar-refractivity contribution in [3.8, 4) is 11.5 Å². The number of nitrogens with zero attached hydrogens (tertiary/aromatic N) is 2. The number of ether oxygens (including phenoxy) is 2. The maximum atomic E-state index is 12.4. The molecule has 1 aromatic carbocycles. The third-order valence-corrected chi connectivity index (χ3v) is 4.39. The Morgan fingerprint density at radius 2 is 1.81 bits per heavy atom. The summed E-state index contributed by atoms with van der Waals surface area (Å²) in [5, 5.41) is 3.25. The summed E-state index contributed by atoms with van der Waals surface area (Å²) in [7, 11) is 1.64. The molecule has 1 amide bonds. The Morgan fingerprint density at radius 1 is 1.08 bits per heavy atom. The van der Waals surface area contributed by atoms with Crippen LogP contribution >= 0.6 is 0 Å². The number of nitrogens with one attached hydrogen (secondary N) is 1. The van der Waals surface area contributed by atoms with Crippen LogP contribution in [0.2, 0.25) is 0 Å². The first-order valence-corrected chi connectivity index (χ1v) is 9.02. The Bertz CT molecular complexity index is 695. The van der Waals surface area contributed by atoms with Crippen molar-refractivity contribution in [3.05, 3.63) is 48.3 Å². The van der Waals surface area contributed by atoms with Gasteiger partial charge in [0, 0.05) is 19.6 Å². The van der Waals surface area contributed by atoms with Gasteiger partial charge in [-0.25, -0.2) is 4.98 Å². The van der Waals surface area contributed by atoms with Crippen molar-refractivity contribution in [2.45, 2.75) is 19.3 Å². The number of carbonyl (C=O) groups excluding carboxylic acids is 1. The van der Waals surface area contributed by atoms with E-state index in [-0.39, 0.29) is 5.91 Å². The average Bonchev–Trinajstić information content (AvgIpc) is 2.72. The highest BCUT2D eigenvalue weighted by molar-refractivity contribution is 5.92. The molecule has 0 radical (unpaired) electrons. The van der Waals surface area contributed by atoms with E-state index >= 15 is 0 Å². The summed E-state index contributed by atoms with van der Waals surface area (Å²) in [5.41, 5.74) is 1.38. The van der Waals surface area contributed by atoms with Crippen LogP contribution in [0.3, 0.4) is 0 Å². The molecule has 1 aromatic heterocycles. The summed E-state index contributed by atoms with van der Waals surface area (Å²) in [6.45, 7) is 2.85. The van der Waals surface area contributed by atoms with E-state index in [0.717, 1.165) is 43.1 Å². The molecule has 6 nitrogen and oxygen atoms in total. The number of anilines is 1. The van der Waals surface area contributed by atoms with E-state index in [1.807, 2.05) is 35.2 Å². The molecular weight excluding hydrogens is 330 g/mol. The first-order valence-electron chi connectivity index (χ1n) is 9.02. The lowest BCUT2D eigenvalue weighted by atomic mass is 10.1. The van der Waals surface area contributed by atoms with Crippen molar-refractivity contribution < 1.29 is 14.3 Å². The molecule has 1 saturated heterocycles. The quantitative estimate of drug-likeness (QED) is 0.773. The van der Waals surface area contributed by atoms with Gasteiger partial charge in [-0.15, -0.1) is 0 Å². The number of hydrogen-bond donors (Lipinski definition) is 1. The molecule has 0 aliphatic carbocycles. The molecule has 0 atom stereocenters. The van der Waals surface area contributed by atoms with Crippen LogP contribution in [0.15, 0.2) is 42.6 Å². The minimum absolute atomic E-state index is 0.0269. The fourth-order valence-corrected chi connectivity index (χ4v) is 2.92. The first kappa shape index (κ1) is 18.0. The summed E-state index contributed by atoms with van der Waals surface area (Å²) < 4.78 is 10.8. The minimum Gasteiger partial charge on any atom is -0.497 e. The van der Waals surface area contributed by atoms with Crippen LogP contribution in [0.4, 0.5) is 5.69 Å². The number of benzene rings is 1. The number of amides is 1. The maximum absolute atomic E-state index is 12.4. The number of hydrogen-bond acceptors (Lipinski definition) is 5. The van der Waals surface area contributed by atoms with Crippen LogP contribution in [-0.4, -0.2) is 49.1 Å². The molecule has 1 fully saturated rings. The van der Waals surface area contributed by atoms with Crippen molar-refractivity contribution in [1.29, 1.82) is 0 Å². The van der Waals surface area contributed by atoms with Gasteiger partial charge < -0.3 is 19.7 Å². The predicted molar refractivity (Wildman–Crippen MR) is 101 cm³/mol. The van der Waals surface area contributed by atoms with Gasteiger partial charge in [0.2, 0.25) is 0 Å². The second-order valence-electron chi connectivity index (χ2n) is 6.24. The smallest absolute Gasteiger partial charge is 0.272 e. The van der Waals surface area contributed by atoms with Crippen molar-refractivity contribution in [2.24, 2.45) is 0 Å². The first-order chi connectivity index (χ1) is 12.8. The molecule has 0 spiro atoms. The van der Waals surface area contributed by atoms with Crippen LogP contribution in [-0.2, 0) is 0 Å². The summed E-state index contributed by atoms with van der Waals surface area (Å²) in [6, 6.07) is 11.2. The standard InChI is InChI=1S/C20H25N3O3/c1-25-17-6-8-18(9-7-17)26-14-11-21-16-5-10-19(22-15-16)20(24)23-12-3-2-4-13-23/h5-10,15,21H,2-4,11-14H2,1H3. The third kappa shape index (κ3) is 4.88. The summed E-state index contributed by atoms with van der Waals surface area (Å²) in [4.78, 5) is 18.6. The average molecular weight is 355 g/mol. The third-order valence-electron chi connectivity index (χ3n) is 4.39. The number of piperidine rings is 1. The van der Waals surface area contributed by atoms with Gasteiger partial charge in [-0.05, 0) is 55.7 Å². The van der Waals surface area contributed by atoms with Crippen LogP contribution in [0.5, 0.6) is 11.5 Å². The van der Waals surface area contributed by atoms with Crippen LogP contribution in [0, 0.1) is 0 Å². The molecule has 1 aliphatic rings. The highest BCUT2D eigenvalue weighted by Gasteiger charge is 2.18. The highest BCUT2D eigenvalue weighted by Crippen LogP contribution is 2.17. The predicted octanol–water partition coefficient (Wildman–Crippen LogP) is 3.21. The van der Waals surface area contributed by atoms with Gasteiger partial charge in [0.05, 0.1) is 19.0 Å². The van der Waals surface area contributed by atoms with Gasteiger partial charge in [0.15, 0.2) is 0 Å². The van der Waals surface area contributed by atoms with E-state index in [9.17, 15) is 4.79 Å². The summed E-state index contributed by atoms with van der Waals surface area (Å²) >= 11 is 0. The van der Waals surface area contributed by atoms with E-state index in [2.05, 4.69) is 10.3 Å². The van der Waals surface area contributed by atoms with E-state index in [1.165, 1.54) is 6.42 Å². The van der Waals surface area contributed by atoms with Crippen molar-refractivity contribution in [2.75, 3.05) is 38.7 Å². The molecule has 2 aromatic rings. The largest absolute Gasteiger partial charge is 0.497 e. The van der Waals surface area contributed by atoms with E-state index in [0.29, 0.717) is 18.8 Å². The molecule has 1 aliphatic heterocycles. The monoisotopic (exact) mass is 355 g/mol. The Balaban J connectivity index is 1.43. The lowest BCUT2D eigenvalue weighted by Crippen LogP contribution is -2.36. The number of rotatable bonds is 7. The van der Waals surface area contributed by atoms with Gasteiger partial charge in [-0.2, -0.15) is 0 Å². The Morgan fingerprint density at radius 3 is 2.46 bits per heavy atom. The van der Waals surface area contributed by atoms with Gasteiger partial charge in [0.1, 0.15) is 23.8 Å². The van der Waals surface area contributed by atoms with Gasteiger partial charge in [0.25, 0.3) is 5.91 Å². The fourth-order valence-electron chi connectivity index (χ4n) is 2.92. The molecule has 6 heteroatoms. The molecule has 0 bridgehead atoms. The zero-order chi connectivity index (χ0) is 18.2. The number of likely N-dealkylation sites (tertiary alicyclic amines) is 1. The number of aromatic nitrogens is 1. The van der Waals surface area contributed by atoms with Crippen molar-refractivity contribution >= 4 is 11.6 Å². The van der Waals surface area contributed by atoms with E-state index in [4.69, 9.17) is 9.47 Å². The van der Waals surface area contributed by atoms with Crippen LogP contribution in [0.25, 0.3) is 0 Å². The molecule has 26 heavy (non-hydrogen) atoms. The maximum Gasteiger partial charge on any atom is 0.272 e. The lowest BCUT2D eigenvalue weighted by molar-refractivity contribution is 0.0718. The number of carbonyl (C=O) groups is 1. The Hall–Kier alpha value is -2.76. The van der Waals surface area contributed by atoms with Crippen LogP contribution in [0.1, 0.15) is 29.8 Å². The summed E-state index contributed by atoms with van der Waals surface area (Å²) in [5.74, 6) is 1.63. The van der Waals surface area contributed by atoms with Crippen molar-refractivity contribution in [3.63, 3.8) is 0 Å². The zero-order valence-electron chi connectivity index (χ0n) is 15.1. The topological polar surface area (TPSA) is 63.7 Å². The molecule has 3 rings (SSSR count). The molecule has 1 N–H and O–H groups in total. The molecular formula is C20H25N3O3. The second-order valence-corrected chi connectivity index (χ2v) is 6.24. The van der Waals surface area contributed by atoms with Gasteiger partial charge >= 0.3 is 0 Å². The summed E-state index contributed by atoms with van der Waals surface area (Å²) in [6.07, 6.45) is 5.07. The Kier molecular flexibility index (Phi) is 6.30. The van der Waals surface area contributed by atoms with E-state index < -0.39 is 0 Å². The Labute approximate surface area is 154 Å². The zero-order valence-corrected chi connectivity index (χ0v) is 15.1. The van der Waals surface area contributed by atoms with Crippen molar-refractivity contribution in [1.82, 2.24) is 9.88 Å². The SMILES string of the molecule is COc1ccc(OCCNc2ccc(C(=O)N3CCCCC3)nc2)cc1. The van der Waals surface area contributed by atoms with Gasteiger partial charge in [-0.3, -0.25) is 4.79 Å². The lowest BCUT2D eigenvalue weighted by Gasteiger charge is -2.26. The fraction of sp³-hybridized carbons (Fsp3) is 0.400. The van der Waals surface area contributed by atoms with Crippen LogP contribution < -0.4 is 14.8 Å². The second kappa shape index (κ2) is 9.08. The number of methoxy groups -OCH3 is 1. The normalized spacial score (nSPS) is 14.0. The minimum atomic E-state index is 0.0269. The number of pyridine rings is 1. The van der Waals surface area contributed by atoms with Gasteiger partial charge in [-0.1, -0.05) is 0 Å². The molecule has 2 heterocycles.